The van der Waals surface area contributed by atoms with E-state index < -0.39 is 0 Å². The van der Waals surface area contributed by atoms with E-state index in [1.165, 1.54) is 10.9 Å². The molecule has 2 aromatic rings. The van der Waals surface area contributed by atoms with Gasteiger partial charge in [0.15, 0.2) is 5.96 Å². The Bertz CT molecular complexity index is 667. The third-order valence-corrected chi connectivity index (χ3v) is 4.45. The van der Waals surface area contributed by atoms with Gasteiger partial charge in [-0.25, -0.2) is 0 Å². The van der Waals surface area contributed by atoms with E-state index in [-0.39, 0.29) is 0 Å². The SMILES string of the molecule is CN=C(NCCCn1ccc2ccccc21)NCCN(C)CCCOC. The monoisotopic (exact) mass is 359 g/mol. The zero-order chi connectivity index (χ0) is 18.6. The molecule has 26 heavy (non-hydrogen) atoms. The summed E-state index contributed by atoms with van der Waals surface area (Å²) in [6.07, 6.45) is 4.28. The van der Waals surface area contributed by atoms with E-state index in [1.54, 1.807) is 7.11 Å². The fraction of sp³-hybridized carbons (Fsp3) is 0.550. The molecular formula is C20H33N5O. The first kappa shape index (κ1) is 20.3. The number of hydrogen-bond donors (Lipinski definition) is 2. The van der Waals surface area contributed by atoms with Gasteiger partial charge in [-0.2, -0.15) is 0 Å². The summed E-state index contributed by atoms with van der Waals surface area (Å²) in [5.74, 6) is 0.868. The third kappa shape index (κ3) is 6.69. The topological polar surface area (TPSA) is 53.8 Å². The van der Waals surface area contributed by atoms with E-state index in [0.717, 1.165) is 58.1 Å². The molecule has 0 radical (unpaired) electrons. The number of hydrogen-bond acceptors (Lipinski definition) is 3. The van der Waals surface area contributed by atoms with Crippen LogP contribution in [0.3, 0.4) is 0 Å². The van der Waals surface area contributed by atoms with E-state index >= 15 is 0 Å². The Kier molecular flexibility index (Phi) is 9.00. The zero-order valence-corrected chi connectivity index (χ0v) is 16.4. The van der Waals surface area contributed by atoms with Crippen LogP contribution in [0.2, 0.25) is 0 Å². The second-order valence-electron chi connectivity index (χ2n) is 6.50. The summed E-state index contributed by atoms with van der Waals surface area (Å²) in [5.41, 5.74) is 1.30. The van der Waals surface area contributed by atoms with Gasteiger partial charge in [0.05, 0.1) is 0 Å². The molecule has 2 rings (SSSR count). The smallest absolute Gasteiger partial charge is 0.191 e. The highest BCUT2D eigenvalue weighted by molar-refractivity contribution is 5.80. The third-order valence-electron chi connectivity index (χ3n) is 4.45. The minimum absolute atomic E-state index is 0.817. The van der Waals surface area contributed by atoms with E-state index in [2.05, 4.69) is 68.7 Å². The molecule has 1 heterocycles. The van der Waals surface area contributed by atoms with Gasteiger partial charge in [-0.15, -0.1) is 0 Å². The summed E-state index contributed by atoms with van der Waals surface area (Å²) >= 11 is 0. The van der Waals surface area contributed by atoms with Crippen molar-refractivity contribution in [3.63, 3.8) is 0 Å². The van der Waals surface area contributed by atoms with Crippen LogP contribution >= 0.6 is 0 Å². The minimum atomic E-state index is 0.817. The van der Waals surface area contributed by atoms with E-state index in [4.69, 9.17) is 4.74 Å². The molecular weight excluding hydrogens is 326 g/mol. The first-order chi connectivity index (χ1) is 12.7. The van der Waals surface area contributed by atoms with Gasteiger partial charge >= 0.3 is 0 Å². The Balaban J connectivity index is 1.61. The molecule has 0 saturated heterocycles. The summed E-state index contributed by atoms with van der Waals surface area (Å²) < 4.78 is 7.39. The van der Waals surface area contributed by atoms with E-state index in [0.29, 0.717) is 0 Å². The average Bonchev–Trinajstić information content (AvgIpc) is 3.07. The molecule has 0 saturated carbocycles. The minimum Gasteiger partial charge on any atom is -0.385 e. The molecule has 0 bridgehead atoms. The molecule has 0 aliphatic heterocycles. The first-order valence-corrected chi connectivity index (χ1v) is 9.40. The van der Waals surface area contributed by atoms with Crippen molar-refractivity contribution >= 4 is 16.9 Å². The molecule has 0 atom stereocenters. The number of nitrogens with zero attached hydrogens (tertiary/aromatic N) is 3. The summed E-state index contributed by atoms with van der Waals surface area (Å²) in [7, 11) is 5.70. The number of aliphatic imine (C=N–C) groups is 1. The van der Waals surface area contributed by atoms with Gasteiger partial charge in [0.1, 0.15) is 0 Å². The lowest BCUT2D eigenvalue weighted by Gasteiger charge is -2.18. The molecule has 0 spiro atoms. The van der Waals surface area contributed by atoms with Gasteiger partial charge < -0.3 is 24.8 Å². The lowest BCUT2D eigenvalue weighted by Crippen LogP contribution is -2.41. The maximum atomic E-state index is 5.08. The number of ether oxygens (including phenoxy) is 1. The van der Waals surface area contributed by atoms with Crippen LogP contribution in [0, 0.1) is 0 Å². The molecule has 6 nitrogen and oxygen atoms in total. The molecule has 6 heteroatoms. The number of likely N-dealkylation sites (N-methyl/N-ethyl adjacent to an activating group) is 1. The largest absolute Gasteiger partial charge is 0.385 e. The summed E-state index contributed by atoms with van der Waals surface area (Å²) in [6, 6.07) is 10.7. The normalized spacial score (nSPS) is 12.1. The highest BCUT2D eigenvalue weighted by Crippen LogP contribution is 2.15. The van der Waals surface area contributed by atoms with Crippen LogP contribution in [0.15, 0.2) is 41.5 Å². The second kappa shape index (κ2) is 11.5. The predicted octanol–water partition coefficient (Wildman–Crippen LogP) is 2.16. The van der Waals surface area contributed by atoms with Crippen molar-refractivity contribution in [1.82, 2.24) is 20.1 Å². The molecule has 0 aliphatic carbocycles. The Morgan fingerprint density at radius 2 is 1.92 bits per heavy atom. The lowest BCUT2D eigenvalue weighted by molar-refractivity contribution is 0.180. The molecule has 1 aromatic heterocycles. The number of aromatic nitrogens is 1. The molecule has 0 amide bonds. The highest BCUT2D eigenvalue weighted by atomic mass is 16.5. The highest BCUT2D eigenvalue weighted by Gasteiger charge is 2.02. The van der Waals surface area contributed by atoms with Crippen molar-refractivity contribution in [1.29, 1.82) is 0 Å². The average molecular weight is 360 g/mol. The van der Waals surface area contributed by atoms with Crippen LogP contribution < -0.4 is 10.6 Å². The van der Waals surface area contributed by atoms with Crippen LogP contribution in [0.4, 0.5) is 0 Å². The van der Waals surface area contributed by atoms with Crippen molar-refractivity contribution < 1.29 is 4.74 Å². The number of guanidine groups is 1. The Morgan fingerprint density at radius 1 is 1.12 bits per heavy atom. The van der Waals surface area contributed by atoms with Crippen LogP contribution in [-0.2, 0) is 11.3 Å². The quantitative estimate of drug-likeness (QED) is 0.367. The molecule has 1 aromatic carbocycles. The van der Waals surface area contributed by atoms with Gasteiger partial charge in [0.25, 0.3) is 0 Å². The fourth-order valence-electron chi connectivity index (χ4n) is 2.97. The van der Waals surface area contributed by atoms with Gasteiger partial charge in [0, 0.05) is 65.2 Å². The Hall–Kier alpha value is -2.05. The molecule has 144 valence electrons. The lowest BCUT2D eigenvalue weighted by atomic mass is 10.2. The van der Waals surface area contributed by atoms with Crippen LogP contribution in [-0.4, -0.2) is 69.4 Å². The van der Waals surface area contributed by atoms with Crippen LogP contribution in [0.5, 0.6) is 0 Å². The maximum Gasteiger partial charge on any atom is 0.191 e. The van der Waals surface area contributed by atoms with Crippen molar-refractivity contribution in [2.75, 3.05) is 54.0 Å². The molecule has 0 unspecified atom stereocenters. The van der Waals surface area contributed by atoms with Gasteiger partial charge in [-0.05, 0) is 37.4 Å². The van der Waals surface area contributed by atoms with Gasteiger partial charge in [-0.3, -0.25) is 4.99 Å². The van der Waals surface area contributed by atoms with Crippen molar-refractivity contribution in [3.05, 3.63) is 36.5 Å². The summed E-state index contributed by atoms with van der Waals surface area (Å²) in [5, 5.41) is 8.06. The van der Waals surface area contributed by atoms with Gasteiger partial charge in [0.2, 0.25) is 0 Å². The number of nitrogens with one attached hydrogen (secondary N) is 2. The van der Waals surface area contributed by atoms with Crippen molar-refractivity contribution in [3.8, 4) is 0 Å². The summed E-state index contributed by atoms with van der Waals surface area (Å²) in [4.78, 5) is 6.60. The van der Waals surface area contributed by atoms with Crippen molar-refractivity contribution in [2.45, 2.75) is 19.4 Å². The number of fused-ring (bicyclic) bond motifs is 1. The first-order valence-electron chi connectivity index (χ1n) is 9.40. The standard InChI is InChI=1S/C20H33N5O/c1-21-20(23-12-16-24(2)13-7-17-26-3)22-11-6-14-25-15-10-18-8-4-5-9-19(18)25/h4-5,8-10,15H,6-7,11-14,16-17H2,1-3H3,(H2,21,22,23). The van der Waals surface area contributed by atoms with Crippen molar-refractivity contribution in [2.24, 2.45) is 4.99 Å². The fourth-order valence-corrected chi connectivity index (χ4v) is 2.97. The second-order valence-corrected chi connectivity index (χ2v) is 6.50. The Labute approximate surface area is 157 Å². The molecule has 0 aliphatic rings. The Morgan fingerprint density at radius 3 is 2.73 bits per heavy atom. The maximum absolute atomic E-state index is 5.08. The van der Waals surface area contributed by atoms with Crippen LogP contribution in [0.25, 0.3) is 10.9 Å². The van der Waals surface area contributed by atoms with E-state index in [1.807, 2.05) is 7.05 Å². The summed E-state index contributed by atoms with van der Waals surface area (Å²) in [6.45, 7) is 5.63. The number of aryl methyl sites for hydroxylation is 1. The number of para-hydroxylation sites is 1. The van der Waals surface area contributed by atoms with Gasteiger partial charge in [-0.1, -0.05) is 18.2 Å². The number of rotatable bonds is 11. The van der Waals surface area contributed by atoms with Crippen LogP contribution in [0.1, 0.15) is 12.8 Å². The zero-order valence-electron chi connectivity index (χ0n) is 16.4. The van der Waals surface area contributed by atoms with E-state index in [9.17, 15) is 0 Å². The number of benzene rings is 1. The predicted molar refractivity (Wildman–Crippen MR) is 110 cm³/mol. The molecule has 2 N–H and O–H groups in total. The number of methoxy groups -OCH3 is 1. The molecule has 0 fully saturated rings.